The van der Waals surface area contributed by atoms with E-state index < -0.39 is 38.8 Å². The fraction of sp³-hybridized carbons (Fsp3) is 0.786. The summed E-state index contributed by atoms with van der Waals surface area (Å²) in [5.41, 5.74) is 0. The van der Waals surface area contributed by atoms with Crippen LogP contribution < -0.4 is 0 Å². The maximum Gasteiger partial charge on any atom is 0.308 e. The number of methoxy groups -OCH3 is 1. The van der Waals surface area contributed by atoms with Crippen molar-refractivity contribution in [3.8, 4) is 0 Å². The van der Waals surface area contributed by atoms with Gasteiger partial charge in [-0.15, -0.1) is 0 Å². The van der Waals surface area contributed by atoms with E-state index in [4.69, 9.17) is 23.4 Å². The van der Waals surface area contributed by atoms with Gasteiger partial charge in [0.1, 0.15) is 30.2 Å². The van der Waals surface area contributed by atoms with Crippen molar-refractivity contribution in [3.05, 3.63) is 22.0 Å². The predicted molar refractivity (Wildman–Crippen MR) is 155 cm³/mol. The second-order valence-electron chi connectivity index (χ2n) is 12.5. The van der Waals surface area contributed by atoms with E-state index >= 15 is 0 Å². The summed E-state index contributed by atoms with van der Waals surface area (Å²) < 4.78 is 31.8. The molecular formula is C28H45IO8Si. The van der Waals surface area contributed by atoms with Crippen molar-refractivity contribution in [3.63, 3.8) is 0 Å². The molecule has 8 atom stereocenters. The average molecular weight is 665 g/mol. The van der Waals surface area contributed by atoms with Gasteiger partial charge in [0, 0.05) is 12.5 Å². The summed E-state index contributed by atoms with van der Waals surface area (Å²) in [5, 5.41) is 11.1. The Bertz CT molecular complexity index is 913. The van der Waals surface area contributed by atoms with E-state index in [0.29, 0.717) is 25.2 Å². The van der Waals surface area contributed by atoms with E-state index in [0.717, 1.165) is 16.4 Å². The highest BCUT2D eigenvalue weighted by molar-refractivity contribution is 14.1. The zero-order valence-corrected chi connectivity index (χ0v) is 27.0. The lowest BCUT2D eigenvalue weighted by atomic mass is 9.88. The van der Waals surface area contributed by atoms with E-state index in [-0.39, 0.29) is 41.2 Å². The Morgan fingerprint density at radius 3 is 2.50 bits per heavy atom. The number of aliphatic hydroxyl groups is 1. The third-order valence-corrected chi connectivity index (χ3v) is 13.2. The van der Waals surface area contributed by atoms with Gasteiger partial charge in [0.2, 0.25) is 0 Å². The lowest BCUT2D eigenvalue weighted by Gasteiger charge is -2.50. The minimum atomic E-state index is -2.29. The Morgan fingerprint density at radius 1 is 1.21 bits per heavy atom. The van der Waals surface area contributed by atoms with Crippen molar-refractivity contribution in [1.82, 2.24) is 0 Å². The topological polar surface area (TPSA) is 101 Å². The number of carbonyl (C=O) groups excluding carboxylic acids is 2. The van der Waals surface area contributed by atoms with Crippen LogP contribution in [-0.2, 0) is 33.0 Å². The molecule has 3 heterocycles. The summed E-state index contributed by atoms with van der Waals surface area (Å²) in [4.78, 5) is 24.7. The van der Waals surface area contributed by atoms with E-state index in [9.17, 15) is 14.7 Å². The third kappa shape index (κ3) is 7.69. The van der Waals surface area contributed by atoms with E-state index in [1.165, 1.54) is 13.2 Å². The van der Waals surface area contributed by atoms with Gasteiger partial charge in [-0.05, 0) is 75.9 Å². The Kier molecular flexibility index (Phi) is 10.7. The molecule has 0 bridgehead atoms. The molecule has 8 nitrogen and oxygen atoms in total. The molecule has 3 rings (SSSR count). The van der Waals surface area contributed by atoms with E-state index in [2.05, 4.69) is 70.0 Å². The van der Waals surface area contributed by atoms with Crippen LogP contribution in [0.3, 0.4) is 0 Å². The minimum absolute atomic E-state index is 0.0673. The van der Waals surface area contributed by atoms with Crippen LogP contribution in [0.4, 0.5) is 0 Å². The first kappa shape index (κ1) is 31.7. The van der Waals surface area contributed by atoms with Gasteiger partial charge in [-0.25, -0.2) is 0 Å². The predicted octanol–water partition coefficient (Wildman–Crippen LogP) is 5.22. The zero-order valence-electron chi connectivity index (χ0n) is 23.8. The number of hydrogen-bond donors (Lipinski definition) is 1. The summed E-state index contributed by atoms with van der Waals surface area (Å²) in [6.07, 6.45) is 0.927. The fourth-order valence-corrected chi connectivity index (χ4v) is 7.10. The van der Waals surface area contributed by atoms with Crippen LogP contribution in [0.5, 0.6) is 0 Å². The molecule has 0 aromatic carbocycles. The molecular weight excluding hydrogens is 619 g/mol. The standard InChI is InChI=1S/C28H45IO8Si/c1-16(13-17(2)29)9-10-18(30)14-21-23(32)25-26(36-21)27(37-38(7,8)28(3,4)5)24-20(35-25)12-11-19(34-24)15-22(31)33-6/h14,16,19-20,23-27,32H,2,9-13,15H2,1,3-8H3/b21-14-/t16-,19-,20+,23+,24+,25+,26-,27?/m1/s1. The van der Waals surface area contributed by atoms with E-state index in [1.54, 1.807) is 0 Å². The van der Waals surface area contributed by atoms with Crippen molar-refractivity contribution >= 4 is 42.7 Å². The maximum atomic E-state index is 12.8. The maximum absolute atomic E-state index is 12.8. The smallest absolute Gasteiger partial charge is 0.308 e. The zero-order chi connectivity index (χ0) is 28.4. The number of esters is 1. The Balaban J connectivity index is 1.82. The van der Waals surface area contributed by atoms with Crippen LogP contribution in [0, 0.1) is 5.92 Å². The number of fused-ring (bicyclic) bond motifs is 2. The van der Waals surface area contributed by atoms with Gasteiger partial charge < -0.3 is 28.5 Å². The molecule has 0 amide bonds. The van der Waals surface area contributed by atoms with Crippen molar-refractivity contribution in [1.29, 1.82) is 0 Å². The molecule has 3 aliphatic heterocycles. The first-order valence-corrected chi connectivity index (χ1v) is 17.6. The largest absolute Gasteiger partial charge is 0.486 e. The van der Waals surface area contributed by atoms with Gasteiger partial charge in [0.15, 0.2) is 20.2 Å². The molecule has 0 radical (unpaired) electrons. The summed E-state index contributed by atoms with van der Waals surface area (Å²) in [5.74, 6) is 0.169. The summed E-state index contributed by atoms with van der Waals surface area (Å²) in [6, 6.07) is 0. The third-order valence-electron chi connectivity index (χ3n) is 8.28. The van der Waals surface area contributed by atoms with Crippen LogP contribution in [0.15, 0.2) is 22.0 Å². The first-order valence-electron chi connectivity index (χ1n) is 13.6. The van der Waals surface area contributed by atoms with E-state index in [1.807, 2.05) is 0 Å². The number of aliphatic hydroxyl groups excluding tert-OH is 1. The van der Waals surface area contributed by atoms with Gasteiger partial charge in [0.05, 0.1) is 25.7 Å². The number of ketones is 1. The second-order valence-corrected chi connectivity index (χ2v) is 18.7. The van der Waals surface area contributed by atoms with Crippen molar-refractivity contribution in [2.24, 2.45) is 5.92 Å². The van der Waals surface area contributed by atoms with Crippen LogP contribution in [0.2, 0.25) is 18.1 Å². The number of halogens is 1. The van der Waals surface area contributed by atoms with Gasteiger partial charge in [0.25, 0.3) is 0 Å². The average Bonchev–Trinajstić information content (AvgIpc) is 3.11. The highest BCUT2D eigenvalue weighted by Gasteiger charge is 2.59. The number of carbonyl (C=O) groups is 2. The summed E-state index contributed by atoms with van der Waals surface area (Å²) in [6.45, 7) is 16.9. The Labute approximate surface area is 242 Å². The van der Waals surface area contributed by atoms with Crippen LogP contribution in [0.1, 0.15) is 66.2 Å². The number of rotatable bonds is 10. The summed E-state index contributed by atoms with van der Waals surface area (Å²) >= 11 is 2.21. The number of ether oxygens (including phenoxy) is 4. The molecule has 3 aliphatic rings. The second kappa shape index (κ2) is 12.8. The Morgan fingerprint density at radius 2 is 1.89 bits per heavy atom. The van der Waals surface area contributed by atoms with Gasteiger partial charge in [-0.3, -0.25) is 9.59 Å². The molecule has 10 heteroatoms. The Hall–Kier alpha value is -0.793. The lowest BCUT2D eigenvalue weighted by molar-refractivity contribution is -0.255. The molecule has 38 heavy (non-hydrogen) atoms. The molecule has 1 N–H and O–H groups in total. The van der Waals surface area contributed by atoms with Crippen molar-refractivity contribution < 1.29 is 38.1 Å². The highest BCUT2D eigenvalue weighted by atomic mass is 127. The molecule has 0 spiro atoms. The fourth-order valence-electron chi connectivity index (χ4n) is 5.05. The van der Waals surface area contributed by atoms with Crippen LogP contribution >= 0.6 is 22.6 Å². The molecule has 0 aliphatic carbocycles. The molecule has 3 fully saturated rings. The van der Waals surface area contributed by atoms with Gasteiger partial charge >= 0.3 is 5.97 Å². The molecule has 3 saturated heterocycles. The monoisotopic (exact) mass is 664 g/mol. The van der Waals surface area contributed by atoms with Gasteiger partial charge in [-0.1, -0.05) is 34.3 Å². The molecule has 0 aromatic rings. The van der Waals surface area contributed by atoms with Crippen molar-refractivity contribution in [2.45, 2.75) is 127 Å². The SMILES string of the molecule is C=C(I)C[C@H](C)CCC(=O)/C=C1\O[C@H]2C(O[Si](C)(C)C(C)(C)C)[C@H]3O[C@@H](CC(=O)OC)CC[C@@H]3O[C@H]2[C@H]1O. The van der Waals surface area contributed by atoms with Gasteiger partial charge in [-0.2, -0.15) is 0 Å². The highest BCUT2D eigenvalue weighted by Crippen LogP contribution is 2.45. The molecule has 0 aromatic heterocycles. The normalized spacial score (nSPS) is 33.2. The number of allylic oxidation sites excluding steroid dienone is 2. The first-order chi connectivity index (χ1) is 17.6. The van der Waals surface area contributed by atoms with Crippen LogP contribution in [0.25, 0.3) is 0 Å². The summed E-state index contributed by atoms with van der Waals surface area (Å²) in [7, 11) is -0.917. The van der Waals surface area contributed by atoms with Crippen molar-refractivity contribution in [2.75, 3.05) is 7.11 Å². The lowest BCUT2D eigenvalue weighted by Crippen LogP contribution is -2.64. The molecule has 0 saturated carbocycles. The minimum Gasteiger partial charge on any atom is -0.486 e. The number of hydrogen-bond acceptors (Lipinski definition) is 8. The quantitative estimate of drug-likeness (QED) is 0.147. The molecule has 216 valence electrons. The van der Waals surface area contributed by atoms with Crippen LogP contribution in [-0.4, -0.2) is 75.0 Å². The molecule has 1 unspecified atom stereocenters.